The van der Waals surface area contributed by atoms with Gasteiger partial charge in [-0.1, -0.05) is 36.8 Å². The third-order valence-corrected chi connectivity index (χ3v) is 4.72. The van der Waals surface area contributed by atoms with E-state index in [0.29, 0.717) is 13.0 Å². The first kappa shape index (κ1) is 18.0. The summed E-state index contributed by atoms with van der Waals surface area (Å²) in [4.78, 5) is 26.9. The number of rotatable bonds is 4. The fourth-order valence-corrected chi connectivity index (χ4v) is 3.21. The van der Waals surface area contributed by atoms with E-state index in [1.54, 1.807) is 4.90 Å². The SMILES string of the molecule is CCc1cccc(NC(=O)[C@H]2CCCN2C(=O)Nc2ccc(C)cc2)c1. The minimum absolute atomic E-state index is 0.130. The van der Waals surface area contributed by atoms with Gasteiger partial charge in [-0.05, 0) is 56.0 Å². The van der Waals surface area contributed by atoms with Crippen LogP contribution in [0.2, 0.25) is 0 Å². The van der Waals surface area contributed by atoms with E-state index in [1.165, 1.54) is 5.56 Å². The molecule has 5 nitrogen and oxygen atoms in total. The fourth-order valence-electron chi connectivity index (χ4n) is 3.21. The maximum absolute atomic E-state index is 12.7. The molecule has 2 aromatic rings. The van der Waals surface area contributed by atoms with E-state index in [2.05, 4.69) is 17.6 Å². The number of hydrogen-bond acceptors (Lipinski definition) is 2. The summed E-state index contributed by atoms with van der Waals surface area (Å²) in [5.41, 5.74) is 3.82. The summed E-state index contributed by atoms with van der Waals surface area (Å²) in [6, 6.07) is 14.8. The standard InChI is InChI=1S/C21H25N3O2/c1-3-16-6-4-7-18(14-16)22-20(25)19-8-5-13-24(19)21(26)23-17-11-9-15(2)10-12-17/h4,6-7,9-12,14,19H,3,5,8,13H2,1-2H3,(H,22,25)(H,23,26)/t19-/m1/s1. The third-order valence-electron chi connectivity index (χ3n) is 4.72. The summed E-state index contributed by atoms with van der Waals surface area (Å²) < 4.78 is 0. The van der Waals surface area contributed by atoms with Crippen LogP contribution in [0.4, 0.5) is 16.2 Å². The van der Waals surface area contributed by atoms with E-state index in [-0.39, 0.29) is 11.9 Å². The molecule has 136 valence electrons. The molecule has 1 atom stereocenters. The summed E-state index contributed by atoms with van der Waals surface area (Å²) in [6.45, 7) is 4.67. The van der Waals surface area contributed by atoms with E-state index in [0.717, 1.165) is 29.8 Å². The number of anilines is 2. The van der Waals surface area contributed by atoms with Gasteiger partial charge >= 0.3 is 6.03 Å². The summed E-state index contributed by atoms with van der Waals surface area (Å²) in [7, 11) is 0. The van der Waals surface area contributed by atoms with Gasteiger partial charge in [0, 0.05) is 17.9 Å². The monoisotopic (exact) mass is 351 g/mol. The second-order valence-corrected chi connectivity index (χ2v) is 6.69. The number of carbonyl (C=O) groups excluding carboxylic acids is 2. The Morgan fingerprint density at radius 3 is 2.58 bits per heavy atom. The summed E-state index contributed by atoms with van der Waals surface area (Å²) in [5.74, 6) is -0.130. The molecule has 0 saturated carbocycles. The summed E-state index contributed by atoms with van der Waals surface area (Å²) in [5, 5.41) is 5.84. The molecule has 1 aliphatic heterocycles. The maximum Gasteiger partial charge on any atom is 0.322 e. The zero-order valence-corrected chi connectivity index (χ0v) is 15.3. The van der Waals surface area contributed by atoms with E-state index >= 15 is 0 Å². The Kier molecular flexibility index (Phi) is 5.56. The Morgan fingerprint density at radius 1 is 1.08 bits per heavy atom. The first-order valence-corrected chi connectivity index (χ1v) is 9.11. The second kappa shape index (κ2) is 8.04. The first-order valence-electron chi connectivity index (χ1n) is 9.11. The number of nitrogens with one attached hydrogen (secondary N) is 2. The van der Waals surface area contributed by atoms with Crippen molar-refractivity contribution >= 4 is 23.3 Å². The zero-order valence-electron chi connectivity index (χ0n) is 15.3. The van der Waals surface area contributed by atoms with Crippen molar-refractivity contribution < 1.29 is 9.59 Å². The van der Waals surface area contributed by atoms with Crippen LogP contribution in [-0.4, -0.2) is 29.4 Å². The van der Waals surface area contributed by atoms with Crippen molar-refractivity contribution in [1.82, 2.24) is 4.90 Å². The van der Waals surface area contributed by atoms with Crippen molar-refractivity contribution in [2.75, 3.05) is 17.2 Å². The van der Waals surface area contributed by atoms with Crippen LogP contribution >= 0.6 is 0 Å². The molecule has 3 rings (SSSR count). The van der Waals surface area contributed by atoms with E-state index < -0.39 is 6.04 Å². The molecule has 0 aromatic heterocycles. The van der Waals surface area contributed by atoms with Gasteiger partial charge in [-0.25, -0.2) is 4.79 Å². The molecule has 1 heterocycles. The van der Waals surface area contributed by atoms with Crippen LogP contribution in [0.5, 0.6) is 0 Å². The van der Waals surface area contributed by atoms with Crippen LogP contribution in [0.25, 0.3) is 0 Å². The van der Waals surface area contributed by atoms with E-state index in [1.807, 2.05) is 55.5 Å². The second-order valence-electron chi connectivity index (χ2n) is 6.69. The largest absolute Gasteiger partial charge is 0.324 e. The predicted molar refractivity (Wildman–Crippen MR) is 104 cm³/mol. The average molecular weight is 351 g/mol. The van der Waals surface area contributed by atoms with E-state index in [9.17, 15) is 9.59 Å². The number of nitrogens with zero attached hydrogens (tertiary/aromatic N) is 1. The Balaban J connectivity index is 1.65. The molecule has 1 aliphatic rings. The van der Waals surface area contributed by atoms with Gasteiger partial charge in [-0.15, -0.1) is 0 Å². The summed E-state index contributed by atoms with van der Waals surface area (Å²) in [6.07, 6.45) is 2.42. The van der Waals surface area contributed by atoms with Gasteiger partial charge in [-0.2, -0.15) is 0 Å². The van der Waals surface area contributed by atoms with Crippen molar-refractivity contribution in [3.05, 3.63) is 59.7 Å². The number of hydrogen-bond donors (Lipinski definition) is 2. The quantitative estimate of drug-likeness (QED) is 0.867. The number of carbonyl (C=O) groups is 2. The molecule has 0 radical (unpaired) electrons. The summed E-state index contributed by atoms with van der Waals surface area (Å²) >= 11 is 0. The third kappa shape index (κ3) is 4.23. The first-order chi connectivity index (χ1) is 12.6. The lowest BCUT2D eigenvalue weighted by molar-refractivity contribution is -0.119. The van der Waals surface area contributed by atoms with Gasteiger partial charge < -0.3 is 15.5 Å². The number of benzene rings is 2. The minimum Gasteiger partial charge on any atom is -0.324 e. The van der Waals surface area contributed by atoms with Gasteiger partial charge in [0.15, 0.2) is 0 Å². The number of amides is 3. The van der Waals surface area contributed by atoms with Crippen LogP contribution in [0, 0.1) is 6.92 Å². The topological polar surface area (TPSA) is 61.4 Å². The van der Waals surface area contributed by atoms with E-state index in [4.69, 9.17) is 0 Å². The molecular weight excluding hydrogens is 326 g/mol. The zero-order chi connectivity index (χ0) is 18.5. The minimum atomic E-state index is -0.439. The van der Waals surface area contributed by atoms with Gasteiger partial charge in [0.25, 0.3) is 0 Å². The Bertz CT molecular complexity index is 786. The maximum atomic E-state index is 12.7. The van der Waals surface area contributed by atoms with Crippen molar-refractivity contribution in [1.29, 1.82) is 0 Å². The molecule has 1 fully saturated rings. The number of aryl methyl sites for hydroxylation is 2. The molecular formula is C21H25N3O2. The highest BCUT2D eigenvalue weighted by Gasteiger charge is 2.34. The predicted octanol–water partition coefficient (Wildman–Crippen LogP) is 4.19. The Labute approximate surface area is 154 Å². The molecule has 5 heteroatoms. The van der Waals surface area contributed by atoms with Crippen molar-refractivity contribution in [3.8, 4) is 0 Å². The van der Waals surface area contributed by atoms with Crippen LogP contribution in [0.15, 0.2) is 48.5 Å². The Morgan fingerprint density at radius 2 is 1.85 bits per heavy atom. The number of urea groups is 1. The normalized spacial score (nSPS) is 16.4. The van der Waals surface area contributed by atoms with Crippen LogP contribution < -0.4 is 10.6 Å². The molecule has 2 aromatic carbocycles. The van der Waals surface area contributed by atoms with Crippen LogP contribution in [0.3, 0.4) is 0 Å². The lowest BCUT2D eigenvalue weighted by atomic mass is 10.1. The van der Waals surface area contributed by atoms with Crippen molar-refractivity contribution in [3.63, 3.8) is 0 Å². The van der Waals surface area contributed by atoms with Gasteiger partial charge in [-0.3, -0.25) is 4.79 Å². The molecule has 0 spiro atoms. The smallest absolute Gasteiger partial charge is 0.322 e. The lowest BCUT2D eigenvalue weighted by Gasteiger charge is -2.24. The van der Waals surface area contributed by atoms with Crippen molar-refractivity contribution in [2.24, 2.45) is 0 Å². The van der Waals surface area contributed by atoms with Gasteiger partial charge in [0.1, 0.15) is 6.04 Å². The van der Waals surface area contributed by atoms with Gasteiger partial charge in [0.2, 0.25) is 5.91 Å². The molecule has 0 bridgehead atoms. The molecule has 0 unspecified atom stereocenters. The van der Waals surface area contributed by atoms with Crippen LogP contribution in [0.1, 0.15) is 30.9 Å². The highest BCUT2D eigenvalue weighted by Crippen LogP contribution is 2.21. The van der Waals surface area contributed by atoms with Crippen molar-refractivity contribution in [2.45, 2.75) is 39.2 Å². The fraction of sp³-hybridized carbons (Fsp3) is 0.333. The molecule has 3 amide bonds. The van der Waals surface area contributed by atoms with Crippen LogP contribution in [-0.2, 0) is 11.2 Å². The highest BCUT2D eigenvalue weighted by atomic mass is 16.2. The molecule has 1 saturated heterocycles. The lowest BCUT2D eigenvalue weighted by Crippen LogP contribution is -2.45. The Hall–Kier alpha value is -2.82. The highest BCUT2D eigenvalue weighted by molar-refractivity contribution is 5.99. The van der Waals surface area contributed by atoms with Gasteiger partial charge in [0.05, 0.1) is 0 Å². The average Bonchev–Trinajstić information content (AvgIpc) is 3.14. The number of likely N-dealkylation sites (tertiary alicyclic amines) is 1. The molecule has 26 heavy (non-hydrogen) atoms. The molecule has 2 N–H and O–H groups in total. The molecule has 0 aliphatic carbocycles.